The van der Waals surface area contributed by atoms with Gasteiger partial charge >= 0.3 is 0 Å². The van der Waals surface area contributed by atoms with E-state index in [9.17, 15) is 4.79 Å². The largest absolute Gasteiger partial charge is 0.497 e. The van der Waals surface area contributed by atoms with Crippen molar-refractivity contribution in [3.63, 3.8) is 0 Å². The summed E-state index contributed by atoms with van der Waals surface area (Å²) < 4.78 is 5.27. The second-order valence-electron chi connectivity index (χ2n) is 6.23. The first kappa shape index (κ1) is 19.5. The van der Waals surface area contributed by atoms with Gasteiger partial charge in [-0.3, -0.25) is 9.69 Å². The minimum atomic E-state index is -0.0386. The van der Waals surface area contributed by atoms with E-state index in [1.807, 2.05) is 49.6 Å². The first-order chi connectivity index (χ1) is 13.0. The third-order valence-electron chi connectivity index (χ3n) is 4.07. The molecule has 4 nitrogen and oxygen atoms in total. The quantitative estimate of drug-likeness (QED) is 0.496. The van der Waals surface area contributed by atoms with Crippen molar-refractivity contribution in [2.24, 2.45) is 0 Å². The zero-order chi connectivity index (χ0) is 19.4. The Morgan fingerprint density at radius 1 is 1.22 bits per heavy atom. The molecule has 0 fully saturated rings. The lowest BCUT2D eigenvalue weighted by molar-refractivity contribution is -0.115. The number of thiazole rings is 1. The lowest BCUT2D eigenvalue weighted by atomic mass is 10.1. The van der Waals surface area contributed by atoms with Crippen LogP contribution in [0.3, 0.4) is 0 Å². The van der Waals surface area contributed by atoms with Crippen LogP contribution in [0, 0.1) is 13.8 Å². The van der Waals surface area contributed by atoms with Crippen LogP contribution < -0.4 is 9.64 Å². The van der Waals surface area contributed by atoms with Gasteiger partial charge in [-0.1, -0.05) is 23.8 Å². The molecule has 140 valence electrons. The molecule has 0 spiro atoms. The van der Waals surface area contributed by atoms with Gasteiger partial charge in [-0.15, -0.1) is 23.1 Å². The smallest absolute Gasteiger partial charge is 0.230 e. The highest BCUT2D eigenvalue weighted by Crippen LogP contribution is 2.33. The third kappa shape index (κ3) is 4.70. The number of rotatable bonds is 6. The number of aromatic nitrogens is 1. The van der Waals surface area contributed by atoms with Crippen molar-refractivity contribution >= 4 is 39.8 Å². The molecule has 1 amide bonds. The molecule has 0 aliphatic heterocycles. The van der Waals surface area contributed by atoms with Crippen LogP contribution in [-0.2, 0) is 10.5 Å². The van der Waals surface area contributed by atoms with Gasteiger partial charge in [-0.25, -0.2) is 4.98 Å². The lowest BCUT2D eigenvalue weighted by Crippen LogP contribution is -2.23. The van der Waals surface area contributed by atoms with Crippen molar-refractivity contribution < 1.29 is 9.53 Å². The van der Waals surface area contributed by atoms with Gasteiger partial charge in [-0.05, 0) is 43.7 Å². The van der Waals surface area contributed by atoms with Gasteiger partial charge in [0.05, 0.1) is 18.5 Å². The third-order valence-corrected chi connectivity index (χ3v) is 5.97. The topological polar surface area (TPSA) is 42.4 Å². The minimum Gasteiger partial charge on any atom is -0.497 e. The summed E-state index contributed by atoms with van der Waals surface area (Å²) in [7, 11) is 1.67. The summed E-state index contributed by atoms with van der Waals surface area (Å²) in [6.07, 6.45) is 0. The van der Waals surface area contributed by atoms with Gasteiger partial charge < -0.3 is 4.74 Å². The molecule has 1 aromatic heterocycles. The van der Waals surface area contributed by atoms with E-state index in [4.69, 9.17) is 9.72 Å². The first-order valence-corrected chi connectivity index (χ1v) is 10.4. The molecule has 1 heterocycles. The van der Waals surface area contributed by atoms with Gasteiger partial charge in [-0.2, -0.15) is 0 Å². The summed E-state index contributed by atoms with van der Waals surface area (Å²) >= 11 is 3.19. The number of aryl methyl sites for hydroxylation is 2. The van der Waals surface area contributed by atoms with Crippen molar-refractivity contribution in [3.8, 4) is 5.75 Å². The lowest BCUT2D eigenvalue weighted by Gasteiger charge is -2.20. The zero-order valence-corrected chi connectivity index (χ0v) is 17.5. The Labute approximate surface area is 168 Å². The molecule has 6 heteroatoms. The maximum absolute atomic E-state index is 12.3. The monoisotopic (exact) mass is 398 g/mol. The average molecular weight is 399 g/mol. The Hall–Kier alpha value is -2.31. The van der Waals surface area contributed by atoms with Gasteiger partial charge in [0.1, 0.15) is 5.75 Å². The first-order valence-electron chi connectivity index (χ1n) is 8.57. The Morgan fingerprint density at radius 2 is 2.04 bits per heavy atom. The molecule has 27 heavy (non-hydrogen) atoms. The summed E-state index contributed by atoms with van der Waals surface area (Å²) in [6.45, 7) is 5.64. The van der Waals surface area contributed by atoms with Gasteiger partial charge in [0.15, 0.2) is 5.13 Å². The van der Waals surface area contributed by atoms with Crippen LogP contribution in [-0.4, -0.2) is 18.0 Å². The van der Waals surface area contributed by atoms with Gasteiger partial charge in [0, 0.05) is 23.0 Å². The van der Waals surface area contributed by atoms with Crippen molar-refractivity contribution in [2.45, 2.75) is 31.4 Å². The van der Waals surface area contributed by atoms with Crippen LogP contribution >= 0.6 is 23.1 Å². The number of benzene rings is 2. The van der Waals surface area contributed by atoms with Crippen molar-refractivity contribution in [3.05, 3.63) is 64.7 Å². The molecule has 0 N–H and O–H groups in total. The number of carbonyl (C=O) groups is 1. The Kier molecular flexibility index (Phi) is 6.19. The van der Waals surface area contributed by atoms with Crippen LogP contribution in [0.2, 0.25) is 0 Å². The molecule has 0 aliphatic rings. The number of anilines is 2. The van der Waals surface area contributed by atoms with E-state index in [0.717, 1.165) is 33.3 Å². The molecule has 0 saturated carbocycles. The zero-order valence-electron chi connectivity index (χ0n) is 15.9. The molecular weight excluding hydrogens is 376 g/mol. The number of hydrogen-bond acceptors (Lipinski definition) is 5. The van der Waals surface area contributed by atoms with Gasteiger partial charge in [0.2, 0.25) is 5.91 Å². The van der Waals surface area contributed by atoms with Crippen LogP contribution in [0.4, 0.5) is 10.8 Å². The molecule has 0 aliphatic carbocycles. The Balaban J connectivity index is 1.78. The van der Waals surface area contributed by atoms with Crippen molar-refractivity contribution in [2.75, 3.05) is 12.0 Å². The van der Waals surface area contributed by atoms with Crippen molar-refractivity contribution in [1.29, 1.82) is 0 Å². The van der Waals surface area contributed by atoms with E-state index >= 15 is 0 Å². The van der Waals surface area contributed by atoms with Crippen LogP contribution in [0.25, 0.3) is 0 Å². The molecular formula is C21H22N2O2S2. The van der Waals surface area contributed by atoms with Crippen LogP contribution in [0.5, 0.6) is 5.75 Å². The number of carbonyl (C=O) groups excluding carboxylic acids is 1. The molecule has 0 radical (unpaired) electrons. The summed E-state index contributed by atoms with van der Waals surface area (Å²) in [5, 5.41) is 2.72. The Bertz CT molecular complexity index is 953. The van der Waals surface area contributed by atoms with Crippen molar-refractivity contribution in [1.82, 2.24) is 4.98 Å². The highest BCUT2D eigenvalue weighted by atomic mass is 32.2. The minimum absolute atomic E-state index is 0.0386. The molecule has 3 rings (SSSR count). The van der Waals surface area contributed by atoms with Crippen LogP contribution in [0.1, 0.15) is 23.7 Å². The normalized spacial score (nSPS) is 10.7. The maximum atomic E-state index is 12.3. The molecule has 0 bridgehead atoms. The summed E-state index contributed by atoms with van der Waals surface area (Å²) in [6, 6.07) is 14.1. The van der Waals surface area contributed by atoms with E-state index in [1.54, 1.807) is 30.7 Å². The van der Waals surface area contributed by atoms with E-state index in [-0.39, 0.29) is 5.91 Å². The molecule has 0 unspecified atom stereocenters. The summed E-state index contributed by atoms with van der Waals surface area (Å²) in [5.41, 5.74) is 4.08. The number of hydrogen-bond donors (Lipinski definition) is 0. The number of ether oxygens (including phenoxy) is 1. The highest BCUT2D eigenvalue weighted by Gasteiger charge is 2.19. The summed E-state index contributed by atoms with van der Waals surface area (Å²) in [5.74, 6) is 1.54. The fourth-order valence-electron chi connectivity index (χ4n) is 2.78. The summed E-state index contributed by atoms with van der Waals surface area (Å²) in [4.78, 5) is 19.8. The van der Waals surface area contributed by atoms with Gasteiger partial charge in [0.25, 0.3) is 0 Å². The predicted molar refractivity (Wildman–Crippen MR) is 113 cm³/mol. The average Bonchev–Trinajstić information content (AvgIpc) is 3.10. The van der Waals surface area contributed by atoms with E-state index in [0.29, 0.717) is 5.13 Å². The van der Waals surface area contributed by atoms with E-state index in [2.05, 4.69) is 12.1 Å². The number of methoxy groups -OCH3 is 1. The highest BCUT2D eigenvalue weighted by molar-refractivity contribution is 7.98. The molecule has 3 aromatic rings. The molecule has 0 saturated heterocycles. The van der Waals surface area contributed by atoms with Crippen LogP contribution in [0.15, 0.2) is 52.7 Å². The maximum Gasteiger partial charge on any atom is 0.230 e. The molecule has 2 aromatic carbocycles. The second kappa shape index (κ2) is 8.59. The SMILES string of the molecule is COc1cccc(SCc2csc(N(C(C)=O)c3ccc(C)cc3C)n2)c1. The Morgan fingerprint density at radius 3 is 2.74 bits per heavy atom. The molecule has 0 atom stereocenters. The number of nitrogens with zero attached hydrogens (tertiary/aromatic N) is 2. The number of thioether (sulfide) groups is 1. The fraction of sp³-hybridized carbons (Fsp3) is 0.238. The number of amides is 1. The van der Waals surface area contributed by atoms with E-state index < -0.39 is 0 Å². The standard InChI is InChI=1S/C21H22N2O2S2/c1-14-8-9-20(15(2)10-14)23(16(3)24)21-22-17(13-27-21)12-26-19-7-5-6-18(11-19)25-4/h5-11,13H,12H2,1-4H3. The van der Waals surface area contributed by atoms with E-state index in [1.165, 1.54) is 16.9 Å². The fourth-order valence-corrected chi connectivity index (χ4v) is 4.60. The predicted octanol–water partition coefficient (Wildman–Crippen LogP) is 5.75. The second-order valence-corrected chi connectivity index (χ2v) is 8.12.